The fourth-order valence-corrected chi connectivity index (χ4v) is 4.80. The topological polar surface area (TPSA) is 0 Å². The first kappa shape index (κ1) is 15.3. The molecular formula is C22H28. The van der Waals surface area contributed by atoms with Crippen molar-refractivity contribution in [2.45, 2.75) is 51.9 Å². The van der Waals surface area contributed by atoms with Crippen LogP contribution < -0.4 is 0 Å². The van der Waals surface area contributed by atoms with E-state index >= 15 is 0 Å². The third-order valence-electron chi connectivity index (χ3n) is 5.88. The Labute approximate surface area is 135 Å². The molecule has 0 spiro atoms. The second-order valence-electron chi connectivity index (χ2n) is 7.04. The first-order chi connectivity index (χ1) is 10.7. The summed E-state index contributed by atoms with van der Waals surface area (Å²) in [4.78, 5) is 0. The van der Waals surface area contributed by atoms with Crippen molar-refractivity contribution in [1.29, 1.82) is 0 Å². The molecule has 3 rings (SSSR count). The first-order valence-corrected chi connectivity index (χ1v) is 8.82. The van der Waals surface area contributed by atoms with Crippen LogP contribution in [0.1, 0.15) is 56.2 Å². The summed E-state index contributed by atoms with van der Waals surface area (Å²) in [6.45, 7) is 7.02. The molecule has 0 N–H and O–H groups in total. The van der Waals surface area contributed by atoms with E-state index in [-0.39, 0.29) is 5.41 Å². The SMILES string of the molecule is CCC1CCCC(C)C1(c1ccccc1)c1ccc(C)cc1. The lowest BCUT2D eigenvalue weighted by atomic mass is 9.54. The quantitative estimate of drug-likeness (QED) is 0.638. The van der Waals surface area contributed by atoms with Gasteiger partial charge in [0.25, 0.3) is 0 Å². The highest BCUT2D eigenvalue weighted by atomic mass is 14.5. The molecule has 3 unspecified atom stereocenters. The van der Waals surface area contributed by atoms with Gasteiger partial charge < -0.3 is 0 Å². The molecule has 0 heterocycles. The Balaban J connectivity index is 2.23. The van der Waals surface area contributed by atoms with E-state index in [1.54, 1.807) is 0 Å². The summed E-state index contributed by atoms with van der Waals surface area (Å²) >= 11 is 0. The average molecular weight is 292 g/mol. The Morgan fingerprint density at radius 2 is 1.55 bits per heavy atom. The molecule has 0 heteroatoms. The average Bonchev–Trinajstić information content (AvgIpc) is 2.56. The second-order valence-corrected chi connectivity index (χ2v) is 7.04. The zero-order valence-electron chi connectivity index (χ0n) is 14.2. The van der Waals surface area contributed by atoms with Crippen LogP contribution >= 0.6 is 0 Å². The maximum Gasteiger partial charge on any atom is 0.0256 e. The molecule has 0 aliphatic heterocycles. The molecular weight excluding hydrogens is 264 g/mol. The van der Waals surface area contributed by atoms with E-state index in [1.807, 2.05) is 0 Å². The molecule has 3 atom stereocenters. The lowest BCUT2D eigenvalue weighted by molar-refractivity contribution is 0.149. The van der Waals surface area contributed by atoms with Crippen molar-refractivity contribution in [2.75, 3.05) is 0 Å². The van der Waals surface area contributed by atoms with Gasteiger partial charge >= 0.3 is 0 Å². The number of rotatable bonds is 3. The largest absolute Gasteiger partial charge is 0.0651 e. The summed E-state index contributed by atoms with van der Waals surface area (Å²) in [5.74, 6) is 1.43. The van der Waals surface area contributed by atoms with Crippen LogP contribution in [0.25, 0.3) is 0 Å². The molecule has 2 aromatic rings. The number of benzene rings is 2. The number of hydrogen-bond acceptors (Lipinski definition) is 0. The standard InChI is InChI=1S/C22H28/c1-4-19-12-8-9-18(3)22(19,20-10-6-5-7-11-20)21-15-13-17(2)14-16-21/h5-7,10-11,13-16,18-19H,4,8-9,12H2,1-3H3. The zero-order chi connectivity index (χ0) is 15.6. The molecule has 1 aliphatic carbocycles. The van der Waals surface area contributed by atoms with Gasteiger partial charge in [0, 0.05) is 5.41 Å². The van der Waals surface area contributed by atoms with Crippen LogP contribution in [-0.2, 0) is 5.41 Å². The van der Waals surface area contributed by atoms with Crippen LogP contribution in [0.2, 0.25) is 0 Å². The summed E-state index contributed by atoms with van der Waals surface area (Å²) in [7, 11) is 0. The van der Waals surface area contributed by atoms with Gasteiger partial charge in [-0.3, -0.25) is 0 Å². The molecule has 0 radical (unpaired) electrons. The van der Waals surface area contributed by atoms with E-state index in [0.29, 0.717) is 5.92 Å². The van der Waals surface area contributed by atoms with E-state index in [1.165, 1.54) is 42.4 Å². The van der Waals surface area contributed by atoms with Gasteiger partial charge in [-0.1, -0.05) is 86.8 Å². The smallest absolute Gasteiger partial charge is 0.0256 e. The Hall–Kier alpha value is -1.56. The van der Waals surface area contributed by atoms with Gasteiger partial charge in [-0.15, -0.1) is 0 Å². The third-order valence-corrected chi connectivity index (χ3v) is 5.88. The van der Waals surface area contributed by atoms with Crippen molar-refractivity contribution in [1.82, 2.24) is 0 Å². The van der Waals surface area contributed by atoms with E-state index in [2.05, 4.69) is 75.4 Å². The first-order valence-electron chi connectivity index (χ1n) is 8.82. The minimum atomic E-state index is 0.182. The lowest BCUT2D eigenvalue weighted by Crippen LogP contribution is -2.45. The third kappa shape index (κ3) is 2.39. The van der Waals surface area contributed by atoms with Gasteiger partial charge in [-0.05, 0) is 42.7 Å². The van der Waals surface area contributed by atoms with Gasteiger partial charge in [0.1, 0.15) is 0 Å². The van der Waals surface area contributed by atoms with E-state index < -0.39 is 0 Å². The van der Waals surface area contributed by atoms with Gasteiger partial charge in [0.2, 0.25) is 0 Å². The Bertz CT molecular complexity index is 596. The predicted molar refractivity (Wildman–Crippen MR) is 95.2 cm³/mol. The molecule has 0 aromatic heterocycles. The summed E-state index contributed by atoms with van der Waals surface area (Å²) in [6, 6.07) is 20.6. The summed E-state index contributed by atoms with van der Waals surface area (Å²) in [6.07, 6.45) is 5.32. The van der Waals surface area contributed by atoms with Crippen LogP contribution in [-0.4, -0.2) is 0 Å². The lowest BCUT2D eigenvalue weighted by Gasteiger charge is -2.50. The normalized spacial score (nSPS) is 28.5. The van der Waals surface area contributed by atoms with Crippen LogP contribution in [0.15, 0.2) is 54.6 Å². The van der Waals surface area contributed by atoms with E-state index in [0.717, 1.165) is 5.92 Å². The zero-order valence-corrected chi connectivity index (χ0v) is 14.2. The van der Waals surface area contributed by atoms with Crippen LogP contribution in [0, 0.1) is 18.8 Å². The molecule has 1 fully saturated rings. The molecule has 0 bridgehead atoms. The number of hydrogen-bond donors (Lipinski definition) is 0. The van der Waals surface area contributed by atoms with Gasteiger partial charge in [0.15, 0.2) is 0 Å². The minimum Gasteiger partial charge on any atom is -0.0651 e. The molecule has 116 valence electrons. The van der Waals surface area contributed by atoms with Gasteiger partial charge in [-0.2, -0.15) is 0 Å². The molecule has 0 saturated heterocycles. The monoisotopic (exact) mass is 292 g/mol. The van der Waals surface area contributed by atoms with Crippen molar-refractivity contribution >= 4 is 0 Å². The summed E-state index contributed by atoms with van der Waals surface area (Å²) < 4.78 is 0. The van der Waals surface area contributed by atoms with Crippen molar-refractivity contribution in [3.05, 3.63) is 71.3 Å². The van der Waals surface area contributed by atoms with Crippen molar-refractivity contribution < 1.29 is 0 Å². The maximum atomic E-state index is 2.47. The molecule has 1 aliphatic rings. The Morgan fingerprint density at radius 1 is 0.909 bits per heavy atom. The summed E-state index contributed by atoms with van der Waals surface area (Å²) in [5.41, 5.74) is 4.56. The van der Waals surface area contributed by atoms with Crippen LogP contribution in [0.4, 0.5) is 0 Å². The number of aryl methyl sites for hydroxylation is 1. The maximum absolute atomic E-state index is 2.47. The molecule has 0 nitrogen and oxygen atoms in total. The molecule has 2 aromatic carbocycles. The van der Waals surface area contributed by atoms with Crippen molar-refractivity contribution in [3.63, 3.8) is 0 Å². The highest BCUT2D eigenvalue weighted by molar-refractivity contribution is 5.43. The summed E-state index contributed by atoms with van der Waals surface area (Å²) in [5, 5.41) is 0. The molecule has 0 amide bonds. The van der Waals surface area contributed by atoms with Gasteiger partial charge in [-0.25, -0.2) is 0 Å². The fourth-order valence-electron chi connectivity index (χ4n) is 4.80. The van der Waals surface area contributed by atoms with E-state index in [9.17, 15) is 0 Å². The molecule has 1 saturated carbocycles. The highest BCUT2D eigenvalue weighted by Crippen LogP contribution is 2.53. The minimum absolute atomic E-state index is 0.182. The highest BCUT2D eigenvalue weighted by Gasteiger charge is 2.47. The molecule has 22 heavy (non-hydrogen) atoms. The Kier molecular flexibility index (Phi) is 4.38. The van der Waals surface area contributed by atoms with E-state index in [4.69, 9.17) is 0 Å². The predicted octanol–water partition coefficient (Wildman–Crippen LogP) is 6.13. The van der Waals surface area contributed by atoms with Crippen molar-refractivity contribution in [2.24, 2.45) is 11.8 Å². The van der Waals surface area contributed by atoms with Crippen LogP contribution in [0.3, 0.4) is 0 Å². The Morgan fingerprint density at radius 3 is 2.18 bits per heavy atom. The second kappa shape index (κ2) is 6.28. The van der Waals surface area contributed by atoms with Crippen molar-refractivity contribution in [3.8, 4) is 0 Å². The fraction of sp³-hybridized carbons (Fsp3) is 0.455. The van der Waals surface area contributed by atoms with Gasteiger partial charge in [0.05, 0.1) is 0 Å². The van der Waals surface area contributed by atoms with Crippen LogP contribution in [0.5, 0.6) is 0 Å².